The topological polar surface area (TPSA) is 38.8 Å². The number of hydrogen-bond donors (Lipinski definition) is 0. The van der Waals surface area contributed by atoms with Gasteiger partial charge in [-0.05, 0) is 42.7 Å². The fourth-order valence-corrected chi connectivity index (χ4v) is 3.67. The summed E-state index contributed by atoms with van der Waals surface area (Å²) in [6, 6.07) is 27.9. The molecule has 0 aromatic heterocycles. The highest BCUT2D eigenvalue weighted by molar-refractivity contribution is 5.75. The number of carbonyl (C=O) groups is 1. The summed E-state index contributed by atoms with van der Waals surface area (Å²) in [6.07, 6.45) is 0. The molecule has 2 atom stereocenters. The molecule has 0 fully saturated rings. The van der Waals surface area contributed by atoms with Gasteiger partial charge in [0.25, 0.3) is 0 Å². The van der Waals surface area contributed by atoms with E-state index in [1.807, 2.05) is 68.4 Å². The quantitative estimate of drug-likeness (QED) is 0.458. The van der Waals surface area contributed by atoms with Crippen LogP contribution in [-0.2, 0) is 16.1 Å². The monoisotopic (exact) mass is 403 g/mol. The molecule has 0 aliphatic rings. The molecular weight excluding hydrogens is 374 g/mol. The standard InChI is InChI=1S/C26H29NO3/c1-4-30-26(28)20(2)27(19-21-12-7-5-8-13-21)25(22-14-9-6-10-15-22)23-16-11-17-24(18-23)29-3/h5-18,20,25H,4,19H2,1-3H3. The van der Waals surface area contributed by atoms with Gasteiger partial charge in [-0.15, -0.1) is 0 Å². The smallest absolute Gasteiger partial charge is 0.323 e. The molecule has 30 heavy (non-hydrogen) atoms. The predicted molar refractivity (Wildman–Crippen MR) is 119 cm³/mol. The Kier molecular flexibility index (Phi) is 7.63. The van der Waals surface area contributed by atoms with Crippen LogP contribution in [0.25, 0.3) is 0 Å². The van der Waals surface area contributed by atoms with Gasteiger partial charge in [-0.3, -0.25) is 9.69 Å². The van der Waals surface area contributed by atoms with E-state index in [2.05, 4.69) is 35.2 Å². The van der Waals surface area contributed by atoms with Gasteiger partial charge in [0, 0.05) is 6.54 Å². The molecule has 0 saturated carbocycles. The number of ether oxygens (including phenoxy) is 2. The summed E-state index contributed by atoms with van der Waals surface area (Å²) < 4.78 is 10.9. The first-order valence-electron chi connectivity index (χ1n) is 10.3. The average Bonchev–Trinajstić information content (AvgIpc) is 2.80. The summed E-state index contributed by atoms with van der Waals surface area (Å²) in [5.41, 5.74) is 3.31. The van der Waals surface area contributed by atoms with Gasteiger partial charge >= 0.3 is 5.97 Å². The molecule has 2 unspecified atom stereocenters. The van der Waals surface area contributed by atoms with E-state index in [0.717, 1.165) is 22.4 Å². The van der Waals surface area contributed by atoms with E-state index in [1.165, 1.54) is 0 Å². The lowest BCUT2D eigenvalue weighted by Crippen LogP contribution is -2.42. The molecule has 0 spiro atoms. The van der Waals surface area contributed by atoms with E-state index >= 15 is 0 Å². The second-order valence-corrected chi connectivity index (χ2v) is 7.18. The molecule has 0 bridgehead atoms. The third kappa shape index (κ3) is 5.28. The summed E-state index contributed by atoms with van der Waals surface area (Å²) >= 11 is 0. The highest BCUT2D eigenvalue weighted by Gasteiger charge is 2.31. The Morgan fingerprint density at radius 2 is 1.53 bits per heavy atom. The van der Waals surface area contributed by atoms with Crippen molar-refractivity contribution < 1.29 is 14.3 Å². The Bertz CT molecular complexity index is 927. The Morgan fingerprint density at radius 3 is 2.17 bits per heavy atom. The molecule has 4 heteroatoms. The van der Waals surface area contributed by atoms with Crippen molar-refractivity contribution in [1.82, 2.24) is 4.90 Å². The minimum absolute atomic E-state index is 0.138. The maximum Gasteiger partial charge on any atom is 0.323 e. The van der Waals surface area contributed by atoms with E-state index in [1.54, 1.807) is 7.11 Å². The zero-order chi connectivity index (χ0) is 21.3. The van der Waals surface area contributed by atoms with E-state index in [4.69, 9.17) is 9.47 Å². The van der Waals surface area contributed by atoms with Gasteiger partial charge in [0.15, 0.2) is 0 Å². The van der Waals surface area contributed by atoms with Crippen LogP contribution in [0.5, 0.6) is 5.75 Å². The van der Waals surface area contributed by atoms with Crippen molar-refractivity contribution in [3.05, 3.63) is 102 Å². The summed E-state index contributed by atoms with van der Waals surface area (Å²) in [5, 5.41) is 0. The van der Waals surface area contributed by atoms with Crippen LogP contribution >= 0.6 is 0 Å². The van der Waals surface area contributed by atoms with Gasteiger partial charge in [-0.2, -0.15) is 0 Å². The summed E-state index contributed by atoms with van der Waals surface area (Å²) in [7, 11) is 1.67. The normalized spacial score (nSPS) is 12.9. The van der Waals surface area contributed by atoms with Gasteiger partial charge in [0.2, 0.25) is 0 Å². The minimum atomic E-state index is -0.429. The van der Waals surface area contributed by atoms with Crippen LogP contribution in [0.1, 0.15) is 36.6 Å². The fraction of sp³-hybridized carbons (Fsp3) is 0.269. The Morgan fingerprint density at radius 1 is 0.900 bits per heavy atom. The number of rotatable bonds is 9. The molecule has 0 radical (unpaired) electrons. The summed E-state index contributed by atoms with van der Waals surface area (Å²) in [4.78, 5) is 15.0. The third-order valence-electron chi connectivity index (χ3n) is 5.19. The Hall–Kier alpha value is -3.11. The zero-order valence-corrected chi connectivity index (χ0v) is 17.8. The summed E-state index contributed by atoms with van der Waals surface area (Å²) in [6.45, 7) is 4.72. The second kappa shape index (κ2) is 10.6. The van der Waals surface area contributed by atoms with Crippen molar-refractivity contribution in [2.24, 2.45) is 0 Å². The van der Waals surface area contributed by atoms with Crippen LogP contribution in [0.2, 0.25) is 0 Å². The highest BCUT2D eigenvalue weighted by Crippen LogP contribution is 2.33. The molecule has 0 amide bonds. The van der Waals surface area contributed by atoms with E-state index in [0.29, 0.717) is 13.2 Å². The van der Waals surface area contributed by atoms with Crippen LogP contribution in [0.3, 0.4) is 0 Å². The molecule has 3 rings (SSSR count). The van der Waals surface area contributed by atoms with Gasteiger partial charge in [0.05, 0.1) is 19.8 Å². The third-order valence-corrected chi connectivity index (χ3v) is 5.19. The lowest BCUT2D eigenvalue weighted by atomic mass is 9.94. The molecule has 0 heterocycles. The first-order valence-corrected chi connectivity index (χ1v) is 10.3. The number of carbonyl (C=O) groups excluding carboxylic acids is 1. The molecular formula is C26H29NO3. The average molecular weight is 404 g/mol. The molecule has 4 nitrogen and oxygen atoms in total. The van der Waals surface area contributed by atoms with Crippen molar-refractivity contribution in [2.75, 3.05) is 13.7 Å². The van der Waals surface area contributed by atoms with Crippen LogP contribution in [-0.4, -0.2) is 30.6 Å². The van der Waals surface area contributed by atoms with Gasteiger partial charge in [-0.25, -0.2) is 0 Å². The van der Waals surface area contributed by atoms with Crippen LogP contribution in [0.4, 0.5) is 0 Å². The van der Waals surface area contributed by atoms with Crippen molar-refractivity contribution in [1.29, 1.82) is 0 Å². The molecule has 0 N–H and O–H groups in total. The fourth-order valence-electron chi connectivity index (χ4n) is 3.67. The van der Waals surface area contributed by atoms with Crippen LogP contribution in [0, 0.1) is 0 Å². The van der Waals surface area contributed by atoms with Crippen molar-refractivity contribution in [3.8, 4) is 5.75 Å². The number of benzene rings is 3. The van der Waals surface area contributed by atoms with Crippen LogP contribution < -0.4 is 4.74 Å². The van der Waals surface area contributed by atoms with E-state index in [-0.39, 0.29) is 12.0 Å². The van der Waals surface area contributed by atoms with Crippen molar-refractivity contribution >= 4 is 5.97 Å². The molecule has 3 aromatic rings. The number of esters is 1. The van der Waals surface area contributed by atoms with Crippen molar-refractivity contribution in [2.45, 2.75) is 32.5 Å². The first kappa shape index (κ1) is 21.6. The summed E-state index contributed by atoms with van der Waals surface area (Å²) in [5.74, 6) is 0.564. The minimum Gasteiger partial charge on any atom is -0.497 e. The molecule has 156 valence electrons. The molecule has 0 aliphatic carbocycles. The van der Waals surface area contributed by atoms with Crippen molar-refractivity contribution in [3.63, 3.8) is 0 Å². The van der Waals surface area contributed by atoms with E-state index in [9.17, 15) is 4.79 Å². The maximum atomic E-state index is 12.8. The molecule has 0 saturated heterocycles. The lowest BCUT2D eigenvalue weighted by Gasteiger charge is -2.36. The van der Waals surface area contributed by atoms with Crippen LogP contribution in [0.15, 0.2) is 84.9 Å². The number of hydrogen-bond acceptors (Lipinski definition) is 4. The number of methoxy groups -OCH3 is 1. The maximum absolute atomic E-state index is 12.8. The number of nitrogens with zero attached hydrogens (tertiary/aromatic N) is 1. The van der Waals surface area contributed by atoms with E-state index < -0.39 is 6.04 Å². The van der Waals surface area contributed by atoms with Gasteiger partial charge < -0.3 is 9.47 Å². The first-order chi connectivity index (χ1) is 14.6. The highest BCUT2D eigenvalue weighted by atomic mass is 16.5. The Balaban J connectivity index is 2.10. The second-order valence-electron chi connectivity index (χ2n) is 7.18. The zero-order valence-electron chi connectivity index (χ0n) is 17.8. The SMILES string of the molecule is CCOC(=O)C(C)N(Cc1ccccc1)C(c1ccccc1)c1cccc(OC)c1. The van der Waals surface area contributed by atoms with Gasteiger partial charge in [0.1, 0.15) is 11.8 Å². The molecule has 3 aromatic carbocycles. The Labute approximate surface area is 179 Å². The largest absolute Gasteiger partial charge is 0.497 e. The van der Waals surface area contributed by atoms with Gasteiger partial charge in [-0.1, -0.05) is 72.8 Å². The molecule has 0 aliphatic heterocycles. The predicted octanol–water partition coefficient (Wildman–Crippen LogP) is 5.24. The lowest BCUT2D eigenvalue weighted by molar-refractivity contribution is -0.149.